The summed E-state index contributed by atoms with van der Waals surface area (Å²) in [5.74, 6) is -0.305. The summed E-state index contributed by atoms with van der Waals surface area (Å²) in [6.45, 7) is 0. The van der Waals surface area contributed by atoms with E-state index in [9.17, 15) is 4.39 Å². The highest BCUT2D eigenvalue weighted by Crippen LogP contribution is 2.26. The average Bonchev–Trinajstić information content (AvgIpc) is 1.96. The summed E-state index contributed by atoms with van der Waals surface area (Å²) >= 11 is 7.52. The number of thioether (sulfide) groups is 1. The van der Waals surface area contributed by atoms with E-state index in [1.54, 1.807) is 6.07 Å². The van der Waals surface area contributed by atoms with Gasteiger partial charge < -0.3 is 0 Å². The van der Waals surface area contributed by atoms with Gasteiger partial charge in [0.05, 0.1) is 0 Å². The molecule has 0 bridgehead atoms. The molecular weight excluding hydrogens is 297 g/mol. The van der Waals surface area contributed by atoms with E-state index in [0.717, 1.165) is 0 Å². The highest BCUT2D eigenvalue weighted by molar-refractivity contribution is 9.11. The second kappa shape index (κ2) is 3.87. The zero-order chi connectivity index (χ0) is 8.43. The maximum atomic E-state index is 13.0. The van der Waals surface area contributed by atoms with Gasteiger partial charge in [0.1, 0.15) is 9.21 Å². The molecule has 1 nitrogen and oxygen atoms in total. The van der Waals surface area contributed by atoms with E-state index < -0.39 is 0 Å². The standard InChI is InChI=1S/C6H4Br2FNS/c1-11-3-2-4(7)10-6(8)5(3)9/h2H,1H3. The van der Waals surface area contributed by atoms with Crippen LogP contribution >= 0.6 is 43.6 Å². The number of halogens is 3. The Kier molecular flexibility index (Phi) is 3.33. The Bertz CT molecular complexity index is 280. The van der Waals surface area contributed by atoms with Crippen LogP contribution in [0.15, 0.2) is 20.2 Å². The number of hydrogen-bond acceptors (Lipinski definition) is 2. The molecule has 0 unspecified atom stereocenters. The summed E-state index contributed by atoms with van der Waals surface area (Å²) in [6.07, 6.45) is 1.82. The van der Waals surface area contributed by atoms with Crippen molar-refractivity contribution in [3.8, 4) is 0 Å². The minimum absolute atomic E-state index is 0.247. The van der Waals surface area contributed by atoms with E-state index in [-0.39, 0.29) is 10.4 Å². The highest BCUT2D eigenvalue weighted by Gasteiger charge is 2.07. The van der Waals surface area contributed by atoms with Gasteiger partial charge in [0.25, 0.3) is 0 Å². The van der Waals surface area contributed by atoms with Gasteiger partial charge in [-0.3, -0.25) is 0 Å². The predicted octanol–water partition coefficient (Wildman–Crippen LogP) is 3.47. The molecule has 1 rings (SSSR count). The van der Waals surface area contributed by atoms with E-state index in [1.165, 1.54) is 11.8 Å². The Balaban J connectivity index is 3.24. The van der Waals surface area contributed by atoms with Crippen LogP contribution in [0.3, 0.4) is 0 Å². The van der Waals surface area contributed by atoms with Gasteiger partial charge in [0, 0.05) is 4.90 Å². The topological polar surface area (TPSA) is 12.9 Å². The fraction of sp³-hybridized carbons (Fsp3) is 0.167. The minimum Gasteiger partial charge on any atom is -0.231 e. The average molecular weight is 301 g/mol. The largest absolute Gasteiger partial charge is 0.231 e. The third kappa shape index (κ3) is 2.16. The van der Waals surface area contributed by atoms with Crippen molar-refractivity contribution >= 4 is 43.6 Å². The van der Waals surface area contributed by atoms with Crippen molar-refractivity contribution in [2.45, 2.75) is 4.90 Å². The lowest BCUT2D eigenvalue weighted by atomic mass is 10.5. The molecule has 11 heavy (non-hydrogen) atoms. The van der Waals surface area contributed by atoms with Crippen molar-refractivity contribution < 1.29 is 4.39 Å². The summed E-state index contributed by atoms with van der Waals surface area (Å²) in [5.41, 5.74) is 0. The summed E-state index contributed by atoms with van der Waals surface area (Å²) in [6, 6.07) is 1.64. The van der Waals surface area contributed by atoms with Gasteiger partial charge in [-0.1, -0.05) is 0 Å². The molecule has 0 aliphatic rings. The predicted molar refractivity (Wildman–Crippen MR) is 51.4 cm³/mol. The first kappa shape index (κ1) is 9.48. The van der Waals surface area contributed by atoms with E-state index in [1.807, 2.05) is 6.26 Å². The monoisotopic (exact) mass is 299 g/mol. The maximum absolute atomic E-state index is 13.0. The number of hydrogen-bond donors (Lipinski definition) is 0. The van der Waals surface area contributed by atoms with Gasteiger partial charge in [-0.05, 0) is 44.2 Å². The molecule has 0 saturated heterocycles. The summed E-state index contributed by atoms with van der Waals surface area (Å²) in [7, 11) is 0. The fourth-order valence-corrected chi connectivity index (χ4v) is 2.43. The molecule has 0 amide bonds. The quantitative estimate of drug-likeness (QED) is 0.582. The molecule has 0 N–H and O–H groups in total. The number of rotatable bonds is 1. The van der Waals surface area contributed by atoms with E-state index in [2.05, 4.69) is 36.8 Å². The summed E-state index contributed by atoms with van der Waals surface area (Å²) < 4.78 is 13.9. The minimum atomic E-state index is -0.305. The van der Waals surface area contributed by atoms with Gasteiger partial charge in [-0.15, -0.1) is 11.8 Å². The van der Waals surface area contributed by atoms with E-state index >= 15 is 0 Å². The molecule has 0 atom stereocenters. The van der Waals surface area contributed by atoms with Crippen LogP contribution in [0.1, 0.15) is 0 Å². The van der Waals surface area contributed by atoms with Crippen LogP contribution in [0.4, 0.5) is 4.39 Å². The van der Waals surface area contributed by atoms with Crippen LogP contribution in [0.5, 0.6) is 0 Å². The maximum Gasteiger partial charge on any atom is 0.169 e. The molecule has 5 heteroatoms. The van der Waals surface area contributed by atoms with Crippen molar-refractivity contribution in [2.75, 3.05) is 6.26 Å². The Morgan fingerprint density at radius 1 is 1.55 bits per heavy atom. The zero-order valence-electron chi connectivity index (χ0n) is 5.57. The highest BCUT2D eigenvalue weighted by atomic mass is 79.9. The van der Waals surface area contributed by atoms with Crippen LogP contribution < -0.4 is 0 Å². The van der Waals surface area contributed by atoms with Crippen LogP contribution in [-0.4, -0.2) is 11.2 Å². The lowest BCUT2D eigenvalue weighted by Gasteiger charge is -2.00. The lowest BCUT2D eigenvalue weighted by Crippen LogP contribution is -1.87. The first-order valence-electron chi connectivity index (χ1n) is 2.70. The van der Waals surface area contributed by atoms with Gasteiger partial charge >= 0.3 is 0 Å². The zero-order valence-corrected chi connectivity index (χ0v) is 9.56. The Morgan fingerprint density at radius 3 is 2.73 bits per heavy atom. The van der Waals surface area contributed by atoms with Crippen molar-refractivity contribution in [2.24, 2.45) is 0 Å². The van der Waals surface area contributed by atoms with Crippen molar-refractivity contribution in [3.63, 3.8) is 0 Å². The molecule has 0 fully saturated rings. The van der Waals surface area contributed by atoms with E-state index in [4.69, 9.17) is 0 Å². The Labute approximate surface area is 85.0 Å². The summed E-state index contributed by atoms with van der Waals surface area (Å²) in [5, 5.41) is 0. The Morgan fingerprint density at radius 2 is 2.18 bits per heavy atom. The second-order valence-corrected chi connectivity index (χ2v) is 4.16. The molecule has 1 aromatic heterocycles. The molecule has 0 saturated carbocycles. The van der Waals surface area contributed by atoms with Crippen LogP contribution in [-0.2, 0) is 0 Å². The molecule has 0 aliphatic heterocycles. The first-order chi connectivity index (χ1) is 5.15. The smallest absolute Gasteiger partial charge is 0.169 e. The normalized spacial score (nSPS) is 10.2. The molecule has 0 aliphatic carbocycles. The third-order valence-electron chi connectivity index (χ3n) is 1.07. The molecule has 1 aromatic rings. The molecule has 0 spiro atoms. The van der Waals surface area contributed by atoms with Crippen molar-refractivity contribution in [3.05, 3.63) is 21.1 Å². The van der Waals surface area contributed by atoms with E-state index in [0.29, 0.717) is 9.50 Å². The van der Waals surface area contributed by atoms with Gasteiger partial charge in [-0.2, -0.15) is 0 Å². The second-order valence-electron chi connectivity index (χ2n) is 1.75. The summed E-state index contributed by atoms with van der Waals surface area (Å²) in [4.78, 5) is 4.41. The molecule has 0 radical (unpaired) electrons. The van der Waals surface area contributed by atoms with Crippen molar-refractivity contribution in [1.82, 2.24) is 4.98 Å². The number of pyridine rings is 1. The Hall–Kier alpha value is 0.390. The lowest BCUT2D eigenvalue weighted by molar-refractivity contribution is 0.585. The number of nitrogens with zero attached hydrogens (tertiary/aromatic N) is 1. The van der Waals surface area contributed by atoms with Crippen LogP contribution in [0.2, 0.25) is 0 Å². The van der Waals surface area contributed by atoms with Crippen LogP contribution in [0, 0.1) is 5.82 Å². The SMILES string of the molecule is CSc1cc(Br)nc(Br)c1F. The van der Waals surface area contributed by atoms with Crippen molar-refractivity contribution in [1.29, 1.82) is 0 Å². The molecule has 60 valence electrons. The van der Waals surface area contributed by atoms with Gasteiger partial charge in [0.2, 0.25) is 0 Å². The van der Waals surface area contributed by atoms with Gasteiger partial charge in [-0.25, -0.2) is 9.37 Å². The van der Waals surface area contributed by atoms with Gasteiger partial charge in [0.15, 0.2) is 5.82 Å². The molecular formula is C6H4Br2FNS. The fourth-order valence-electron chi connectivity index (χ4n) is 0.597. The first-order valence-corrected chi connectivity index (χ1v) is 5.51. The molecule has 1 heterocycles. The van der Waals surface area contributed by atoms with Crippen LogP contribution in [0.25, 0.3) is 0 Å². The number of aromatic nitrogens is 1. The molecule has 0 aromatic carbocycles. The third-order valence-corrected chi connectivity index (χ3v) is 2.74.